The van der Waals surface area contributed by atoms with E-state index in [9.17, 15) is 13.2 Å². The summed E-state index contributed by atoms with van der Waals surface area (Å²) in [6.45, 7) is 2.75. The van der Waals surface area contributed by atoms with E-state index < -0.39 is 11.7 Å². The van der Waals surface area contributed by atoms with Gasteiger partial charge in [-0.25, -0.2) is 9.67 Å². The molecule has 20 heavy (non-hydrogen) atoms. The molecule has 0 spiro atoms. The van der Waals surface area contributed by atoms with Gasteiger partial charge >= 0.3 is 6.18 Å². The molecule has 1 aromatic carbocycles. The second kappa shape index (κ2) is 4.61. The van der Waals surface area contributed by atoms with Crippen LogP contribution in [0.5, 0.6) is 0 Å². The Balaban J connectivity index is 2.11. The molecule has 1 aliphatic rings. The Morgan fingerprint density at radius 3 is 2.70 bits per heavy atom. The first-order valence-electron chi connectivity index (χ1n) is 6.58. The average molecular weight is 281 g/mol. The van der Waals surface area contributed by atoms with Gasteiger partial charge in [-0.15, -0.1) is 0 Å². The molecule has 0 aliphatic carbocycles. The molecule has 2 heterocycles. The molecule has 0 saturated carbocycles. The van der Waals surface area contributed by atoms with Gasteiger partial charge < -0.3 is 0 Å². The number of fused-ring (bicyclic) bond motifs is 1. The van der Waals surface area contributed by atoms with Crippen molar-refractivity contribution in [1.82, 2.24) is 14.8 Å². The number of aryl methyl sites for hydroxylation is 1. The molecule has 106 valence electrons. The number of rotatable bonds is 1. The molecule has 0 bridgehead atoms. The van der Waals surface area contributed by atoms with E-state index in [-0.39, 0.29) is 17.3 Å². The normalized spacial score (nSPS) is 18.9. The van der Waals surface area contributed by atoms with E-state index in [4.69, 9.17) is 0 Å². The zero-order valence-corrected chi connectivity index (χ0v) is 11.0. The number of hydrogen-bond donors (Lipinski definition) is 0. The maximum Gasteiger partial charge on any atom is 0.417 e. The van der Waals surface area contributed by atoms with E-state index in [2.05, 4.69) is 10.1 Å². The van der Waals surface area contributed by atoms with Gasteiger partial charge in [0.1, 0.15) is 5.82 Å². The number of benzene rings is 1. The van der Waals surface area contributed by atoms with E-state index in [1.165, 1.54) is 12.1 Å². The summed E-state index contributed by atoms with van der Waals surface area (Å²) >= 11 is 0. The van der Waals surface area contributed by atoms with Crippen LogP contribution in [0.4, 0.5) is 13.2 Å². The predicted octanol–water partition coefficient (Wildman–Crippen LogP) is 3.86. The van der Waals surface area contributed by atoms with Gasteiger partial charge in [0.25, 0.3) is 0 Å². The van der Waals surface area contributed by atoms with Gasteiger partial charge in [0.2, 0.25) is 0 Å². The zero-order valence-electron chi connectivity index (χ0n) is 11.0. The predicted molar refractivity (Wildman–Crippen MR) is 68.1 cm³/mol. The molecular formula is C14H14F3N3. The number of halogens is 3. The number of nitrogens with zero attached hydrogens (tertiary/aromatic N) is 3. The lowest BCUT2D eigenvalue weighted by molar-refractivity contribution is -0.137. The van der Waals surface area contributed by atoms with Gasteiger partial charge in [-0.2, -0.15) is 18.3 Å². The van der Waals surface area contributed by atoms with Crippen molar-refractivity contribution in [2.24, 2.45) is 0 Å². The topological polar surface area (TPSA) is 30.7 Å². The average Bonchev–Trinajstić information content (AvgIpc) is 2.83. The Hall–Kier alpha value is -1.85. The molecule has 0 fully saturated rings. The molecule has 0 saturated heterocycles. The summed E-state index contributed by atoms with van der Waals surface area (Å²) in [6.07, 6.45) is -2.41. The summed E-state index contributed by atoms with van der Waals surface area (Å²) in [4.78, 5) is 4.33. The van der Waals surface area contributed by atoms with Gasteiger partial charge in [0, 0.05) is 18.0 Å². The maximum absolute atomic E-state index is 13.0. The number of hydrogen-bond acceptors (Lipinski definition) is 2. The van der Waals surface area contributed by atoms with Crippen molar-refractivity contribution in [2.45, 2.75) is 38.4 Å². The third-order valence-corrected chi connectivity index (χ3v) is 3.62. The van der Waals surface area contributed by atoms with Crippen LogP contribution in [0.25, 0.3) is 11.4 Å². The molecule has 0 amide bonds. The Bertz CT molecular complexity index is 631. The van der Waals surface area contributed by atoms with Crippen molar-refractivity contribution in [2.75, 3.05) is 0 Å². The van der Waals surface area contributed by atoms with Gasteiger partial charge in [-0.1, -0.05) is 25.1 Å². The number of aromatic nitrogens is 3. The monoisotopic (exact) mass is 281 g/mol. The van der Waals surface area contributed by atoms with Crippen molar-refractivity contribution < 1.29 is 13.2 Å². The Labute approximate surface area is 114 Å². The minimum absolute atomic E-state index is 0.0501. The molecular weight excluding hydrogens is 267 g/mol. The first-order valence-corrected chi connectivity index (χ1v) is 6.58. The van der Waals surface area contributed by atoms with Gasteiger partial charge in [-0.05, 0) is 18.9 Å². The van der Waals surface area contributed by atoms with E-state index in [1.54, 1.807) is 10.7 Å². The van der Waals surface area contributed by atoms with Crippen LogP contribution in [-0.4, -0.2) is 14.8 Å². The van der Waals surface area contributed by atoms with Crippen molar-refractivity contribution in [1.29, 1.82) is 0 Å². The van der Waals surface area contributed by atoms with Crippen LogP contribution >= 0.6 is 0 Å². The van der Waals surface area contributed by atoms with Crippen LogP contribution < -0.4 is 0 Å². The molecule has 3 rings (SSSR count). The zero-order chi connectivity index (χ0) is 14.3. The summed E-state index contributed by atoms with van der Waals surface area (Å²) in [5.74, 6) is 1.19. The van der Waals surface area contributed by atoms with Gasteiger partial charge in [0.05, 0.1) is 5.56 Å². The van der Waals surface area contributed by atoms with Crippen LogP contribution in [0.15, 0.2) is 24.3 Å². The highest BCUT2D eigenvalue weighted by atomic mass is 19.4. The van der Waals surface area contributed by atoms with Crippen molar-refractivity contribution in [3.8, 4) is 11.4 Å². The Morgan fingerprint density at radius 2 is 2.00 bits per heavy atom. The van der Waals surface area contributed by atoms with Gasteiger partial charge in [0.15, 0.2) is 5.82 Å². The van der Waals surface area contributed by atoms with Crippen LogP contribution in [-0.2, 0) is 12.7 Å². The maximum atomic E-state index is 13.0. The third-order valence-electron chi connectivity index (χ3n) is 3.62. The smallest absolute Gasteiger partial charge is 0.249 e. The number of alkyl halides is 3. The minimum Gasteiger partial charge on any atom is -0.249 e. The van der Waals surface area contributed by atoms with E-state index >= 15 is 0 Å². The molecule has 3 nitrogen and oxygen atoms in total. The third kappa shape index (κ3) is 2.19. The first kappa shape index (κ1) is 13.1. The van der Waals surface area contributed by atoms with E-state index in [0.717, 1.165) is 31.3 Å². The fraction of sp³-hybridized carbons (Fsp3) is 0.429. The molecule has 6 heteroatoms. The molecule has 2 aromatic rings. The fourth-order valence-corrected chi connectivity index (χ4v) is 2.60. The van der Waals surface area contributed by atoms with Crippen LogP contribution in [0.3, 0.4) is 0 Å². The SMILES string of the molecule is CC1CCCn2nc(-c3ccccc3C(F)(F)F)nc21. The lowest BCUT2D eigenvalue weighted by Crippen LogP contribution is -2.14. The van der Waals surface area contributed by atoms with Crippen LogP contribution in [0.2, 0.25) is 0 Å². The van der Waals surface area contributed by atoms with E-state index in [0.29, 0.717) is 0 Å². The molecule has 0 radical (unpaired) electrons. The summed E-state index contributed by atoms with van der Waals surface area (Å²) < 4.78 is 40.8. The van der Waals surface area contributed by atoms with E-state index in [1.807, 2.05) is 6.92 Å². The lowest BCUT2D eigenvalue weighted by atomic mass is 10.0. The second-order valence-corrected chi connectivity index (χ2v) is 5.10. The van der Waals surface area contributed by atoms with Crippen LogP contribution in [0, 0.1) is 0 Å². The Kier molecular flexibility index (Phi) is 3.03. The summed E-state index contributed by atoms with van der Waals surface area (Å²) in [7, 11) is 0. The highest BCUT2D eigenvalue weighted by Gasteiger charge is 2.34. The van der Waals surface area contributed by atoms with Crippen LogP contribution in [0.1, 0.15) is 37.1 Å². The standard InChI is InChI=1S/C14H14F3N3/c1-9-5-4-8-20-13(9)18-12(19-20)10-6-2-3-7-11(10)14(15,16)17/h2-3,6-7,9H,4-5,8H2,1H3. The summed E-state index contributed by atoms with van der Waals surface area (Å²) in [5.41, 5.74) is -0.635. The molecule has 1 unspecified atom stereocenters. The fourth-order valence-electron chi connectivity index (χ4n) is 2.60. The summed E-state index contributed by atoms with van der Waals surface area (Å²) in [5, 5.41) is 4.25. The van der Waals surface area contributed by atoms with Gasteiger partial charge in [-0.3, -0.25) is 0 Å². The highest BCUT2D eigenvalue weighted by Crippen LogP contribution is 2.36. The molecule has 1 aromatic heterocycles. The lowest BCUT2D eigenvalue weighted by Gasteiger charge is -2.17. The largest absolute Gasteiger partial charge is 0.417 e. The summed E-state index contributed by atoms with van der Waals surface area (Å²) in [6, 6.07) is 5.45. The molecule has 0 N–H and O–H groups in total. The van der Waals surface area contributed by atoms with Crippen molar-refractivity contribution in [3.63, 3.8) is 0 Å². The first-order chi connectivity index (χ1) is 9.47. The van der Waals surface area contributed by atoms with Crippen molar-refractivity contribution >= 4 is 0 Å². The van der Waals surface area contributed by atoms with Crippen molar-refractivity contribution in [3.05, 3.63) is 35.7 Å². The molecule has 1 atom stereocenters. The highest BCUT2D eigenvalue weighted by molar-refractivity contribution is 5.61. The molecule has 1 aliphatic heterocycles. The Morgan fingerprint density at radius 1 is 1.25 bits per heavy atom. The second-order valence-electron chi connectivity index (χ2n) is 5.10. The minimum atomic E-state index is -4.39. The quantitative estimate of drug-likeness (QED) is 0.794.